The summed E-state index contributed by atoms with van der Waals surface area (Å²) in [6.07, 6.45) is 5.63. The van der Waals surface area contributed by atoms with Crippen LogP contribution in [-0.4, -0.2) is 48.3 Å². The number of nitrogens with one attached hydrogen (secondary N) is 2. The molecule has 1 aliphatic heterocycles. The van der Waals surface area contributed by atoms with Crippen LogP contribution in [0.25, 0.3) is 27.7 Å². The van der Waals surface area contributed by atoms with E-state index in [1.165, 1.54) is 5.57 Å². The molecule has 0 fully saturated rings. The zero-order valence-corrected chi connectivity index (χ0v) is 20.4. The molecule has 4 aromatic rings. The number of aromatic amines is 1. The molecule has 1 amide bonds. The Morgan fingerprint density at radius 1 is 1.23 bits per heavy atom. The molecule has 0 aliphatic carbocycles. The van der Waals surface area contributed by atoms with Gasteiger partial charge in [0, 0.05) is 61.0 Å². The van der Waals surface area contributed by atoms with Gasteiger partial charge in [0.05, 0.1) is 12.3 Å². The molecule has 0 unspecified atom stereocenters. The fourth-order valence-electron chi connectivity index (χ4n) is 4.77. The summed E-state index contributed by atoms with van der Waals surface area (Å²) in [5.41, 5.74) is 8.88. The maximum Gasteiger partial charge on any atom is 0.251 e. The van der Waals surface area contributed by atoms with Gasteiger partial charge in [-0.15, -0.1) is 0 Å². The maximum atomic E-state index is 12.5. The summed E-state index contributed by atoms with van der Waals surface area (Å²) in [6.45, 7) is 4.87. The van der Waals surface area contributed by atoms with Gasteiger partial charge in [0.2, 0.25) is 0 Å². The van der Waals surface area contributed by atoms with Crippen molar-refractivity contribution < 1.29 is 14.1 Å². The third-order valence-corrected chi connectivity index (χ3v) is 6.51. The summed E-state index contributed by atoms with van der Waals surface area (Å²) in [6, 6.07) is 10.1. The van der Waals surface area contributed by atoms with Crippen LogP contribution in [0.3, 0.4) is 0 Å². The molecule has 1 aromatic carbocycles. The fourth-order valence-corrected chi connectivity index (χ4v) is 4.77. The van der Waals surface area contributed by atoms with Crippen LogP contribution < -0.4 is 10.2 Å². The summed E-state index contributed by atoms with van der Waals surface area (Å²) in [5, 5.41) is 8.06. The van der Waals surface area contributed by atoms with Gasteiger partial charge >= 0.3 is 0 Å². The molecule has 1 aliphatic rings. The van der Waals surface area contributed by atoms with Crippen molar-refractivity contribution in [3.8, 4) is 11.1 Å². The summed E-state index contributed by atoms with van der Waals surface area (Å²) < 4.78 is 10.4. The van der Waals surface area contributed by atoms with Crippen molar-refractivity contribution in [2.24, 2.45) is 0 Å². The number of H-pyrrole nitrogens is 1. The first kappa shape index (κ1) is 22.9. The average Bonchev–Trinajstić information content (AvgIpc) is 3.39. The Morgan fingerprint density at radius 3 is 2.86 bits per heavy atom. The number of methoxy groups -OCH3 is 1. The lowest BCUT2D eigenvalue weighted by Gasteiger charge is -2.17. The Balaban J connectivity index is 1.44. The van der Waals surface area contributed by atoms with Crippen LogP contribution in [0, 0.1) is 13.8 Å². The number of pyridine rings is 1. The number of hydrogen-bond donors (Lipinski definition) is 2. The van der Waals surface area contributed by atoms with Crippen LogP contribution in [0.4, 0.5) is 5.69 Å². The lowest BCUT2D eigenvalue weighted by Crippen LogP contribution is -2.27. The third-order valence-electron chi connectivity index (χ3n) is 6.51. The topological polar surface area (TPSA) is 96.3 Å². The van der Waals surface area contributed by atoms with E-state index in [-0.39, 0.29) is 5.91 Å². The molecule has 0 spiro atoms. The number of aryl methyl sites for hydroxylation is 3. The number of hydrogen-bond acceptors (Lipinski definition) is 6. The molecular weight excluding hydrogens is 442 g/mol. The lowest BCUT2D eigenvalue weighted by molar-refractivity contribution is 0.0937. The number of benzene rings is 1. The van der Waals surface area contributed by atoms with E-state index in [4.69, 9.17) is 9.26 Å². The van der Waals surface area contributed by atoms with Crippen molar-refractivity contribution in [3.05, 3.63) is 71.0 Å². The molecule has 0 radical (unpaired) electrons. The highest BCUT2D eigenvalue weighted by atomic mass is 16.5. The Kier molecular flexibility index (Phi) is 6.13. The molecule has 5 rings (SSSR count). The van der Waals surface area contributed by atoms with E-state index in [2.05, 4.69) is 37.6 Å². The number of anilines is 1. The minimum absolute atomic E-state index is 0.0847. The van der Waals surface area contributed by atoms with Crippen LogP contribution in [0.15, 0.2) is 47.3 Å². The van der Waals surface area contributed by atoms with Gasteiger partial charge < -0.3 is 24.5 Å². The number of nitrogens with zero attached hydrogens (tertiary/aromatic N) is 3. The third kappa shape index (κ3) is 4.33. The molecule has 35 heavy (non-hydrogen) atoms. The van der Waals surface area contributed by atoms with Gasteiger partial charge in [-0.25, -0.2) is 4.98 Å². The number of fused-ring (bicyclic) bond motifs is 2. The van der Waals surface area contributed by atoms with Gasteiger partial charge in [0.1, 0.15) is 11.4 Å². The Morgan fingerprint density at radius 2 is 2.09 bits per heavy atom. The van der Waals surface area contributed by atoms with Gasteiger partial charge in [0.15, 0.2) is 0 Å². The Bertz CT molecular complexity index is 1410. The molecule has 0 saturated heterocycles. The van der Waals surface area contributed by atoms with Gasteiger partial charge in [-0.2, -0.15) is 0 Å². The second kappa shape index (κ2) is 9.38. The van der Waals surface area contributed by atoms with Crippen LogP contribution >= 0.6 is 0 Å². The predicted molar refractivity (Wildman–Crippen MR) is 136 cm³/mol. The Labute approximate surface area is 204 Å². The van der Waals surface area contributed by atoms with E-state index in [0.29, 0.717) is 18.7 Å². The fraction of sp³-hybridized carbons (Fsp3) is 0.296. The van der Waals surface area contributed by atoms with Crippen molar-refractivity contribution in [3.63, 3.8) is 0 Å². The van der Waals surface area contributed by atoms with E-state index in [0.717, 1.165) is 63.4 Å². The summed E-state index contributed by atoms with van der Waals surface area (Å²) in [4.78, 5) is 22.7. The zero-order chi connectivity index (χ0) is 24.5. The molecule has 0 saturated carbocycles. The van der Waals surface area contributed by atoms with Gasteiger partial charge in [-0.05, 0) is 73.7 Å². The molecule has 180 valence electrons. The van der Waals surface area contributed by atoms with E-state index in [1.54, 1.807) is 7.11 Å². The minimum atomic E-state index is -0.0847. The van der Waals surface area contributed by atoms with Crippen molar-refractivity contribution in [2.45, 2.75) is 26.7 Å². The van der Waals surface area contributed by atoms with Crippen LogP contribution in [-0.2, 0) is 11.2 Å². The first-order chi connectivity index (χ1) is 17.0. The van der Waals surface area contributed by atoms with Crippen LogP contribution in [0.1, 0.15) is 39.5 Å². The number of allylic oxidation sites excluding steroid dienone is 1. The smallest absolute Gasteiger partial charge is 0.251 e. The molecule has 8 heteroatoms. The van der Waals surface area contributed by atoms with Crippen LogP contribution in [0.5, 0.6) is 0 Å². The first-order valence-electron chi connectivity index (χ1n) is 11.7. The van der Waals surface area contributed by atoms with E-state index < -0.39 is 0 Å². The quantitative estimate of drug-likeness (QED) is 0.398. The monoisotopic (exact) mass is 471 g/mol. The average molecular weight is 472 g/mol. The van der Waals surface area contributed by atoms with Gasteiger partial charge in [0.25, 0.3) is 5.91 Å². The molecule has 3 aromatic heterocycles. The van der Waals surface area contributed by atoms with Gasteiger partial charge in [-0.3, -0.25) is 4.79 Å². The van der Waals surface area contributed by atoms with E-state index >= 15 is 0 Å². The highest BCUT2D eigenvalue weighted by Crippen LogP contribution is 2.36. The van der Waals surface area contributed by atoms with Crippen molar-refractivity contribution in [1.82, 2.24) is 20.4 Å². The molecule has 4 heterocycles. The standard InChI is InChI=1S/C27H29N5O3/c1-16-25(17(2)35-31-16)21-9-10-28-26-22(21)14-23(30-26)20-6-5-18-13-19(27(33)29-11-12-34-4)7-8-24(18)32(3)15-20/h7-10,13-15H,5-6,11-12H2,1-4H3,(H,28,30)(H,29,33). The SMILES string of the molecule is COCCNC(=O)c1ccc2c(c1)CCC(c1cc3c(-c4c(C)noc4C)ccnc3[nH]1)=CN2C. The summed E-state index contributed by atoms with van der Waals surface area (Å²) in [7, 11) is 3.66. The first-order valence-corrected chi connectivity index (χ1v) is 11.7. The minimum Gasteiger partial charge on any atom is -0.383 e. The largest absolute Gasteiger partial charge is 0.383 e. The number of carbonyl (C=O) groups excluding carboxylic acids is 1. The van der Waals surface area contributed by atoms with Gasteiger partial charge in [-0.1, -0.05) is 5.16 Å². The zero-order valence-electron chi connectivity index (χ0n) is 20.4. The lowest BCUT2D eigenvalue weighted by atomic mass is 10.00. The predicted octanol–water partition coefficient (Wildman–Crippen LogP) is 4.63. The van der Waals surface area contributed by atoms with Crippen LogP contribution in [0.2, 0.25) is 0 Å². The summed E-state index contributed by atoms with van der Waals surface area (Å²) in [5.74, 6) is 0.710. The second-order valence-corrected chi connectivity index (χ2v) is 8.86. The maximum absolute atomic E-state index is 12.5. The molecular formula is C27H29N5O3. The number of aromatic nitrogens is 3. The Hall–Kier alpha value is -3.91. The highest BCUT2D eigenvalue weighted by Gasteiger charge is 2.20. The van der Waals surface area contributed by atoms with Crippen molar-refractivity contribution in [1.29, 1.82) is 0 Å². The highest BCUT2D eigenvalue weighted by molar-refractivity contribution is 5.97. The summed E-state index contributed by atoms with van der Waals surface area (Å²) >= 11 is 0. The van der Waals surface area contributed by atoms with E-state index in [1.807, 2.05) is 51.4 Å². The molecule has 8 nitrogen and oxygen atoms in total. The molecule has 0 atom stereocenters. The normalized spacial score (nSPS) is 13.5. The number of ether oxygens (including phenoxy) is 1. The molecule has 2 N–H and O–H groups in total. The second-order valence-electron chi connectivity index (χ2n) is 8.86. The van der Waals surface area contributed by atoms with E-state index in [9.17, 15) is 4.79 Å². The molecule has 0 bridgehead atoms. The number of rotatable bonds is 6. The van der Waals surface area contributed by atoms with Crippen molar-refractivity contribution in [2.75, 3.05) is 32.2 Å². The van der Waals surface area contributed by atoms with Crippen molar-refractivity contribution >= 4 is 28.2 Å². The number of amides is 1. The number of carbonyl (C=O) groups is 1.